The molecule has 0 bridgehead atoms. The highest BCUT2D eigenvalue weighted by molar-refractivity contribution is 5.37. The van der Waals surface area contributed by atoms with Crippen molar-refractivity contribution in [2.75, 3.05) is 27.2 Å². The van der Waals surface area contributed by atoms with E-state index < -0.39 is 0 Å². The van der Waals surface area contributed by atoms with E-state index in [2.05, 4.69) is 49.3 Å². The zero-order valence-electron chi connectivity index (χ0n) is 14.2. The molecule has 1 aromatic carbocycles. The van der Waals surface area contributed by atoms with Crippen LogP contribution in [-0.2, 0) is 13.1 Å². The highest BCUT2D eigenvalue weighted by Gasteiger charge is 2.07. The third kappa shape index (κ3) is 6.96. The molecule has 1 N–H and O–H groups in total. The molecule has 0 aliphatic heterocycles. The number of methoxy groups -OCH3 is 1. The molecule has 0 aromatic heterocycles. The lowest BCUT2D eigenvalue weighted by atomic mass is 10.1. The summed E-state index contributed by atoms with van der Waals surface area (Å²) in [4.78, 5) is 2.39. The summed E-state index contributed by atoms with van der Waals surface area (Å²) in [5.74, 6) is 0.997. The zero-order valence-corrected chi connectivity index (χ0v) is 14.2. The first-order valence-corrected chi connectivity index (χ1v) is 8.26. The molecule has 1 rings (SSSR count). The summed E-state index contributed by atoms with van der Waals surface area (Å²) in [7, 11) is 3.95. The Morgan fingerprint density at radius 1 is 1.14 bits per heavy atom. The van der Waals surface area contributed by atoms with Gasteiger partial charge in [-0.1, -0.05) is 32.8 Å². The molecule has 0 saturated heterocycles. The molecule has 0 unspecified atom stereocenters. The van der Waals surface area contributed by atoms with E-state index in [0.29, 0.717) is 0 Å². The van der Waals surface area contributed by atoms with E-state index in [1.165, 1.54) is 36.8 Å². The Labute approximate surface area is 130 Å². The third-order valence-corrected chi connectivity index (χ3v) is 3.68. The van der Waals surface area contributed by atoms with Gasteiger partial charge in [0.15, 0.2) is 0 Å². The normalized spacial score (nSPS) is 11.1. The molecular formula is C18H32N2O. The topological polar surface area (TPSA) is 24.5 Å². The van der Waals surface area contributed by atoms with Crippen molar-refractivity contribution in [1.29, 1.82) is 0 Å². The van der Waals surface area contributed by atoms with Crippen LogP contribution in [0.15, 0.2) is 18.2 Å². The van der Waals surface area contributed by atoms with Crippen molar-refractivity contribution >= 4 is 0 Å². The second kappa shape index (κ2) is 10.6. The van der Waals surface area contributed by atoms with Crippen LogP contribution in [0.5, 0.6) is 5.75 Å². The largest absolute Gasteiger partial charge is 0.496 e. The highest BCUT2D eigenvalue weighted by Crippen LogP contribution is 2.21. The first-order chi connectivity index (χ1) is 10.2. The van der Waals surface area contributed by atoms with E-state index in [1.807, 2.05) is 0 Å². The van der Waals surface area contributed by atoms with Crippen LogP contribution in [0.3, 0.4) is 0 Å². The maximum absolute atomic E-state index is 5.51. The Morgan fingerprint density at radius 2 is 1.95 bits per heavy atom. The van der Waals surface area contributed by atoms with Gasteiger partial charge in [0, 0.05) is 18.7 Å². The second-order valence-corrected chi connectivity index (χ2v) is 5.77. The van der Waals surface area contributed by atoms with Gasteiger partial charge < -0.3 is 15.0 Å². The molecule has 21 heavy (non-hydrogen) atoms. The number of nitrogens with one attached hydrogen (secondary N) is 1. The molecule has 0 aliphatic rings. The molecule has 0 fully saturated rings. The third-order valence-electron chi connectivity index (χ3n) is 3.68. The molecule has 0 aliphatic carbocycles. The number of unbranched alkanes of at least 4 members (excludes halogenated alkanes) is 2. The average molecular weight is 292 g/mol. The first-order valence-electron chi connectivity index (χ1n) is 8.26. The summed E-state index contributed by atoms with van der Waals surface area (Å²) >= 11 is 0. The van der Waals surface area contributed by atoms with Gasteiger partial charge in [-0.15, -0.1) is 0 Å². The Balaban J connectivity index is 2.62. The summed E-state index contributed by atoms with van der Waals surface area (Å²) in [5.41, 5.74) is 2.62. The number of ether oxygens (including phenoxy) is 1. The molecule has 0 spiro atoms. The van der Waals surface area contributed by atoms with Gasteiger partial charge in [0.1, 0.15) is 5.75 Å². The van der Waals surface area contributed by atoms with Crippen molar-refractivity contribution in [3.63, 3.8) is 0 Å². The second-order valence-electron chi connectivity index (χ2n) is 5.77. The molecule has 0 radical (unpaired) electrons. The van der Waals surface area contributed by atoms with Crippen molar-refractivity contribution < 1.29 is 4.74 Å². The molecule has 3 nitrogen and oxygen atoms in total. The number of nitrogens with zero attached hydrogens (tertiary/aromatic N) is 1. The van der Waals surface area contributed by atoms with Crippen LogP contribution in [0.1, 0.15) is 50.7 Å². The van der Waals surface area contributed by atoms with E-state index in [4.69, 9.17) is 4.74 Å². The monoisotopic (exact) mass is 292 g/mol. The number of benzene rings is 1. The van der Waals surface area contributed by atoms with Crippen molar-refractivity contribution in [2.45, 2.75) is 52.6 Å². The van der Waals surface area contributed by atoms with Gasteiger partial charge in [-0.25, -0.2) is 0 Å². The predicted octanol–water partition coefficient (Wildman–Crippen LogP) is 3.82. The smallest absolute Gasteiger partial charge is 0.123 e. The summed E-state index contributed by atoms with van der Waals surface area (Å²) in [5, 5.41) is 3.46. The predicted molar refractivity (Wildman–Crippen MR) is 90.9 cm³/mol. The average Bonchev–Trinajstić information content (AvgIpc) is 2.48. The zero-order chi connectivity index (χ0) is 15.5. The number of rotatable bonds is 11. The lowest BCUT2D eigenvalue weighted by molar-refractivity contribution is 0.309. The molecule has 120 valence electrons. The fraction of sp³-hybridized carbons (Fsp3) is 0.667. The van der Waals surface area contributed by atoms with Crippen molar-refractivity contribution in [3.05, 3.63) is 29.3 Å². The van der Waals surface area contributed by atoms with Crippen LogP contribution in [-0.4, -0.2) is 32.1 Å². The van der Waals surface area contributed by atoms with Gasteiger partial charge in [0.05, 0.1) is 7.11 Å². The summed E-state index contributed by atoms with van der Waals surface area (Å²) < 4.78 is 5.51. The van der Waals surface area contributed by atoms with Crippen molar-refractivity contribution in [2.24, 2.45) is 0 Å². The first kappa shape index (κ1) is 18.0. The van der Waals surface area contributed by atoms with Crippen LogP contribution in [0.25, 0.3) is 0 Å². The minimum Gasteiger partial charge on any atom is -0.496 e. The molecule has 1 aromatic rings. The number of hydrogen-bond donors (Lipinski definition) is 1. The van der Waals surface area contributed by atoms with Crippen LogP contribution in [0.4, 0.5) is 0 Å². The SMILES string of the molecule is CCCCCN(C)Cc1cc(CNCCC)ccc1OC. The standard InChI is InChI=1S/C18H32N2O/c1-5-7-8-12-20(3)15-17-13-16(14-19-11-6-2)9-10-18(17)21-4/h9-10,13,19H,5-8,11-12,14-15H2,1-4H3. The van der Waals surface area contributed by atoms with Crippen LogP contribution < -0.4 is 10.1 Å². The molecule has 3 heteroatoms. The Bertz CT molecular complexity index is 393. The van der Waals surface area contributed by atoms with Crippen molar-refractivity contribution in [1.82, 2.24) is 10.2 Å². The summed E-state index contributed by atoms with van der Waals surface area (Å²) in [6.07, 6.45) is 5.02. The van der Waals surface area contributed by atoms with Gasteiger partial charge in [-0.05, 0) is 50.7 Å². The minimum absolute atomic E-state index is 0.935. The maximum atomic E-state index is 5.51. The van der Waals surface area contributed by atoms with Crippen LogP contribution in [0.2, 0.25) is 0 Å². The minimum atomic E-state index is 0.935. The Kier molecular flexibility index (Phi) is 9.11. The van der Waals surface area contributed by atoms with Gasteiger partial charge in [0.2, 0.25) is 0 Å². The lowest BCUT2D eigenvalue weighted by Gasteiger charge is -2.19. The van der Waals surface area contributed by atoms with Crippen LogP contribution >= 0.6 is 0 Å². The van der Waals surface area contributed by atoms with Gasteiger partial charge in [-0.3, -0.25) is 0 Å². The molecule has 0 heterocycles. The molecule has 0 amide bonds. The Hall–Kier alpha value is -1.06. The van der Waals surface area contributed by atoms with Crippen LogP contribution in [0, 0.1) is 0 Å². The van der Waals surface area contributed by atoms with Crippen molar-refractivity contribution in [3.8, 4) is 5.75 Å². The van der Waals surface area contributed by atoms with E-state index in [1.54, 1.807) is 7.11 Å². The van der Waals surface area contributed by atoms with Gasteiger partial charge in [-0.2, -0.15) is 0 Å². The number of hydrogen-bond acceptors (Lipinski definition) is 3. The van der Waals surface area contributed by atoms with E-state index in [0.717, 1.165) is 31.9 Å². The molecule has 0 saturated carbocycles. The van der Waals surface area contributed by atoms with E-state index in [-0.39, 0.29) is 0 Å². The summed E-state index contributed by atoms with van der Waals surface area (Å²) in [6.45, 7) is 8.54. The van der Waals surface area contributed by atoms with E-state index in [9.17, 15) is 0 Å². The van der Waals surface area contributed by atoms with Gasteiger partial charge >= 0.3 is 0 Å². The maximum Gasteiger partial charge on any atom is 0.123 e. The fourth-order valence-corrected chi connectivity index (χ4v) is 2.48. The van der Waals surface area contributed by atoms with Gasteiger partial charge in [0.25, 0.3) is 0 Å². The Morgan fingerprint density at radius 3 is 2.62 bits per heavy atom. The summed E-state index contributed by atoms with van der Waals surface area (Å²) in [6, 6.07) is 6.53. The fourth-order valence-electron chi connectivity index (χ4n) is 2.48. The highest BCUT2D eigenvalue weighted by atomic mass is 16.5. The molecular weight excluding hydrogens is 260 g/mol. The molecule has 0 atom stereocenters. The lowest BCUT2D eigenvalue weighted by Crippen LogP contribution is -2.20. The quantitative estimate of drug-likeness (QED) is 0.628. The van der Waals surface area contributed by atoms with E-state index >= 15 is 0 Å².